The lowest BCUT2D eigenvalue weighted by Gasteiger charge is -2.26. The molecule has 0 radical (unpaired) electrons. The van der Waals surface area contributed by atoms with Gasteiger partial charge in [-0.25, -0.2) is 9.97 Å². The molecule has 2 heterocycles. The quantitative estimate of drug-likeness (QED) is 0.177. The van der Waals surface area contributed by atoms with Crippen molar-refractivity contribution in [1.82, 2.24) is 9.97 Å². The molecule has 0 saturated carbocycles. The molecule has 0 aliphatic rings. The second-order valence-electron chi connectivity index (χ2n) is 13.0. The van der Waals surface area contributed by atoms with Gasteiger partial charge in [0.15, 0.2) is 5.82 Å². The van der Waals surface area contributed by atoms with Gasteiger partial charge < -0.3 is 9.32 Å². The number of fused-ring (bicyclic) bond motifs is 6. The van der Waals surface area contributed by atoms with E-state index >= 15 is 0 Å². The summed E-state index contributed by atoms with van der Waals surface area (Å²) in [6, 6.07) is 65.6. The first-order chi connectivity index (χ1) is 25.8. The highest BCUT2D eigenvalue weighted by molar-refractivity contribution is 6.15. The number of anilines is 3. The molecule has 4 nitrogen and oxygen atoms in total. The fourth-order valence-corrected chi connectivity index (χ4v) is 7.29. The highest BCUT2D eigenvalue weighted by atomic mass is 16.3. The Morgan fingerprint density at radius 2 is 0.981 bits per heavy atom. The summed E-state index contributed by atoms with van der Waals surface area (Å²) in [6.45, 7) is 0. The molecule has 0 atom stereocenters. The molecule has 8 aromatic carbocycles. The lowest BCUT2D eigenvalue weighted by Crippen LogP contribution is -2.09. The molecule has 10 aromatic rings. The summed E-state index contributed by atoms with van der Waals surface area (Å²) in [6.07, 6.45) is 0. The number of nitrogens with zero attached hydrogens (tertiary/aromatic N) is 3. The first kappa shape index (κ1) is 29.8. The molecule has 0 saturated heterocycles. The summed E-state index contributed by atoms with van der Waals surface area (Å²) in [5.41, 5.74) is 11.1. The minimum atomic E-state index is 0.682. The predicted molar refractivity (Wildman–Crippen MR) is 215 cm³/mol. The van der Waals surface area contributed by atoms with Crippen molar-refractivity contribution < 1.29 is 4.42 Å². The number of hydrogen-bond acceptors (Lipinski definition) is 4. The fourth-order valence-electron chi connectivity index (χ4n) is 7.29. The van der Waals surface area contributed by atoms with E-state index in [9.17, 15) is 0 Å². The molecule has 0 fully saturated rings. The van der Waals surface area contributed by atoms with Crippen LogP contribution in [0.25, 0.3) is 77.4 Å². The van der Waals surface area contributed by atoms with Crippen LogP contribution in [0.5, 0.6) is 0 Å². The summed E-state index contributed by atoms with van der Waals surface area (Å²) in [7, 11) is 0. The molecular formula is C48H31N3O. The van der Waals surface area contributed by atoms with Crippen LogP contribution >= 0.6 is 0 Å². The second kappa shape index (κ2) is 12.4. The Bertz CT molecular complexity index is 2880. The lowest BCUT2D eigenvalue weighted by atomic mass is 10.0. The predicted octanol–water partition coefficient (Wildman–Crippen LogP) is 13.2. The first-order valence-electron chi connectivity index (χ1n) is 17.5. The highest BCUT2D eigenvalue weighted by Gasteiger charge is 2.17. The number of para-hydroxylation sites is 2. The maximum Gasteiger partial charge on any atom is 0.160 e. The maximum absolute atomic E-state index is 6.42. The van der Waals surface area contributed by atoms with Crippen molar-refractivity contribution >= 4 is 60.7 Å². The molecular weight excluding hydrogens is 635 g/mol. The molecule has 2 aromatic heterocycles. The van der Waals surface area contributed by atoms with Gasteiger partial charge in [0.2, 0.25) is 0 Å². The molecule has 4 heteroatoms. The number of hydrogen-bond donors (Lipinski definition) is 0. The van der Waals surface area contributed by atoms with E-state index in [1.807, 2.05) is 24.3 Å². The van der Waals surface area contributed by atoms with Crippen LogP contribution in [-0.4, -0.2) is 9.97 Å². The average Bonchev–Trinajstić information content (AvgIpc) is 3.60. The van der Waals surface area contributed by atoms with Crippen LogP contribution in [0.3, 0.4) is 0 Å². The third kappa shape index (κ3) is 5.17. The number of furan rings is 1. The summed E-state index contributed by atoms with van der Waals surface area (Å²) in [5, 5.41) is 5.47. The highest BCUT2D eigenvalue weighted by Crippen LogP contribution is 2.39. The van der Waals surface area contributed by atoms with Crippen molar-refractivity contribution in [2.24, 2.45) is 0 Å². The minimum absolute atomic E-state index is 0.682. The fraction of sp³-hybridized carbons (Fsp3) is 0. The van der Waals surface area contributed by atoms with Crippen LogP contribution in [0.4, 0.5) is 17.1 Å². The van der Waals surface area contributed by atoms with E-state index in [4.69, 9.17) is 14.4 Å². The second-order valence-corrected chi connectivity index (χ2v) is 13.0. The number of aromatic nitrogens is 2. The van der Waals surface area contributed by atoms with Gasteiger partial charge >= 0.3 is 0 Å². The molecule has 0 aliphatic heterocycles. The number of rotatable bonds is 6. The Balaban J connectivity index is 1.05. The summed E-state index contributed by atoms with van der Waals surface area (Å²) in [4.78, 5) is 12.6. The van der Waals surface area contributed by atoms with Crippen LogP contribution in [0.1, 0.15) is 0 Å². The Hall–Kier alpha value is -7.04. The monoisotopic (exact) mass is 665 g/mol. The van der Waals surface area contributed by atoms with Gasteiger partial charge in [0.1, 0.15) is 11.2 Å². The molecule has 10 rings (SSSR count). The maximum atomic E-state index is 6.42. The Morgan fingerprint density at radius 1 is 0.385 bits per heavy atom. The van der Waals surface area contributed by atoms with Crippen molar-refractivity contribution in [2.75, 3.05) is 4.90 Å². The third-order valence-corrected chi connectivity index (χ3v) is 9.87. The van der Waals surface area contributed by atoms with Crippen LogP contribution in [0.15, 0.2) is 192 Å². The van der Waals surface area contributed by atoms with Gasteiger partial charge in [0.05, 0.1) is 11.2 Å². The lowest BCUT2D eigenvalue weighted by molar-refractivity contribution is 0.672. The smallest absolute Gasteiger partial charge is 0.160 e. The van der Waals surface area contributed by atoms with E-state index < -0.39 is 0 Å². The zero-order valence-corrected chi connectivity index (χ0v) is 28.1. The van der Waals surface area contributed by atoms with Crippen LogP contribution in [0.2, 0.25) is 0 Å². The van der Waals surface area contributed by atoms with Gasteiger partial charge in [-0.3, -0.25) is 0 Å². The van der Waals surface area contributed by atoms with Crippen molar-refractivity contribution in [1.29, 1.82) is 0 Å². The Kier molecular flexibility index (Phi) is 7.10. The first-order valence-corrected chi connectivity index (χ1v) is 17.5. The molecule has 0 aliphatic carbocycles. The van der Waals surface area contributed by atoms with E-state index in [0.717, 1.165) is 72.1 Å². The van der Waals surface area contributed by atoms with Gasteiger partial charge in [-0.05, 0) is 95.4 Å². The van der Waals surface area contributed by atoms with Gasteiger partial charge in [-0.2, -0.15) is 0 Å². The number of benzene rings is 8. The van der Waals surface area contributed by atoms with Crippen molar-refractivity contribution in [3.8, 4) is 33.8 Å². The van der Waals surface area contributed by atoms with Crippen LogP contribution in [0, 0.1) is 0 Å². The normalized spacial score (nSPS) is 11.5. The third-order valence-electron chi connectivity index (χ3n) is 9.87. The zero-order chi connectivity index (χ0) is 34.4. The van der Waals surface area contributed by atoms with Crippen LogP contribution in [-0.2, 0) is 0 Å². The molecule has 52 heavy (non-hydrogen) atoms. The SMILES string of the molecule is c1ccc(-c2ccc(N(c3ccccc3)c3ccc(-c4nc(-c5ccc6oc7c8ccccc8ccc7c6c5)c5ccccc5n4)cc3)cc2)cc1. The zero-order valence-electron chi connectivity index (χ0n) is 28.1. The van der Waals surface area contributed by atoms with Gasteiger partial charge in [0.25, 0.3) is 0 Å². The van der Waals surface area contributed by atoms with Crippen molar-refractivity contribution in [3.63, 3.8) is 0 Å². The van der Waals surface area contributed by atoms with Gasteiger partial charge in [0, 0.05) is 49.7 Å². The Labute approximate surface area is 300 Å². The van der Waals surface area contributed by atoms with E-state index in [1.54, 1.807) is 0 Å². The minimum Gasteiger partial charge on any atom is -0.455 e. The van der Waals surface area contributed by atoms with E-state index in [0.29, 0.717) is 5.82 Å². The largest absolute Gasteiger partial charge is 0.455 e. The van der Waals surface area contributed by atoms with Gasteiger partial charge in [-0.1, -0.05) is 109 Å². The van der Waals surface area contributed by atoms with E-state index in [-0.39, 0.29) is 0 Å². The Morgan fingerprint density at radius 3 is 1.75 bits per heavy atom. The van der Waals surface area contributed by atoms with Gasteiger partial charge in [-0.15, -0.1) is 0 Å². The van der Waals surface area contributed by atoms with Crippen molar-refractivity contribution in [3.05, 3.63) is 188 Å². The molecule has 244 valence electrons. The van der Waals surface area contributed by atoms with Crippen molar-refractivity contribution in [2.45, 2.75) is 0 Å². The standard InChI is InChI=1S/C48H31N3O/c1-3-11-32(12-4-1)33-19-25-38(26-20-33)51(37-14-5-2-6-15-37)39-27-21-35(22-28-39)48-49-44-18-10-9-17-42(44)46(50-48)36-24-30-45-43(31-36)41-29-23-34-13-7-8-16-40(34)47(41)52-45/h1-31H. The molecule has 0 spiro atoms. The molecule has 0 unspecified atom stereocenters. The topological polar surface area (TPSA) is 42.2 Å². The molecule has 0 bridgehead atoms. The molecule has 0 N–H and O–H groups in total. The summed E-state index contributed by atoms with van der Waals surface area (Å²) in [5.74, 6) is 0.682. The summed E-state index contributed by atoms with van der Waals surface area (Å²) >= 11 is 0. The van der Waals surface area contributed by atoms with E-state index in [1.165, 1.54) is 16.5 Å². The summed E-state index contributed by atoms with van der Waals surface area (Å²) < 4.78 is 6.42. The molecule has 0 amide bonds. The average molecular weight is 666 g/mol. The van der Waals surface area contributed by atoms with Crippen LogP contribution < -0.4 is 4.90 Å². The van der Waals surface area contributed by atoms with E-state index in [2.05, 4.69) is 169 Å².